The average Bonchev–Trinajstić information content (AvgIpc) is 2.55. The first-order chi connectivity index (χ1) is 11.7. The Kier molecular flexibility index (Phi) is 5.91. The summed E-state index contributed by atoms with van der Waals surface area (Å²) in [7, 11) is 0. The molecule has 0 aliphatic carbocycles. The minimum atomic E-state index is -0.312. The molecule has 0 aromatic heterocycles. The molecule has 0 unspecified atom stereocenters. The summed E-state index contributed by atoms with van der Waals surface area (Å²) in [6.45, 7) is 6.19. The summed E-state index contributed by atoms with van der Waals surface area (Å²) in [5.74, 6) is -0.649. The quantitative estimate of drug-likeness (QED) is 0.876. The van der Waals surface area contributed by atoms with Crippen LogP contribution in [0.15, 0.2) is 48.5 Å². The summed E-state index contributed by atoms with van der Waals surface area (Å²) in [6, 6.07) is 12.7. The van der Waals surface area contributed by atoms with Gasteiger partial charge in [-0.1, -0.05) is 12.1 Å². The van der Waals surface area contributed by atoms with E-state index in [0.29, 0.717) is 24.1 Å². The van der Waals surface area contributed by atoms with Gasteiger partial charge in [-0.05, 0) is 69.2 Å². The molecule has 2 aromatic rings. The van der Waals surface area contributed by atoms with E-state index in [0.717, 1.165) is 5.56 Å². The zero-order chi connectivity index (χ0) is 18.4. The number of hydrogen-bond acceptors (Lipinski definition) is 2. The Morgan fingerprint density at radius 2 is 1.40 bits per heavy atom. The van der Waals surface area contributed by atoms with Crippen molar-refractivity contribution in [2.24, 2.45) is 0 Å². The van der Waals surface area contributed by atoms with E-state index in [2.05, 4.69) is 10.6 Å². The van der Waals surface area contributed by atoms with Crippen LogP contribution in [-0.2, 0) is 6.42 Å². The molecule has 2 amide bonds. The highest BCUT2D eigenvalue weighted by atomic mass is 19.1. The van der Waals surface area contributed by atoms with Crippen molar-refractivity contribution in [2.75, 3.05) is 6.54 Å². The Bertz CT molecular complexity index is 732. The molecular formula is C20H23FN2O2. The third-order valence-electron chi connectivity index (χ3n) is 3.51. The predicted octanol–water partition coefficient (Wildman–Crippen LogP) is 3.33. The first-order valence-electron chi connectivity index (χ1n) is 8.20. The Hall–Kier alpha value is -2.69. The van der Waals surface area contributed by atoms with Gasteiger partial charge in [0.2, 0.25) is 0 Å². The average molecular weight is 342 g/mol. The molecule has 4 nitrogen and oxygen atoms in total. The Balaban J connectivity index is 1.87. The number of carbonyl (C=O) groups excluding carboxylic acids is 2. The Morgan fingerprint density at radius 1 is 0.880 bits per heavy atom. The topological polar surface area (TPSA) is 58.2 Å². The van der Waals surface area contributed by atoms with Gasteiger partial charge in [-0.3, -0.25) is 9.59 Å². The number of nitrogens with one attached hydrogen (secondary N) is 2. The molecule has 0 aliphatic heterocycles. The van der Waals surface area contributed by atoms with Gasteiger partial charge < -0.3 is 10.6 Å². The van der Waals surface area contributed by atoms with Crippen LogP contribution in [-0.4, -0.2) is 23.9 Å². The number of amides is 2. The van der Waals surface area contributed by atoms with Crippen molar-refractivity contribution in [3.05, 3.63) is 71.0 Å². The highest BCUT2D eigenvalue weighted by molar-refractivity contribution is 5.98. The van der Waals surface area contributed by atoms with Crippen LogP contribution in [0.5, 0.6) is 0 Å². The lowest BCUT2D eigenvalue weighted by Crippen LogP contribution is -2.40. The maximum absolute atomic E-state index is 12.8. The van der Waals surface area contributed by atoms with E-state index in [-0.39, 0.29) is 23.2 Å². The van der Waals surface area contributed by atoms with E-state index >= 15 is 0 Å². The maximum Gasteiger partial charge on any atom is 0.251 e. The first-order valence-corrected chi connectivity index (χ1v) is 8.20. The molecule has 0 heterocycles. The van der Waals surface area contributed by atoms with Gasteiger partial charge in [0.25, 0.3) is 11.8 Å². The summed E-state index contributed by atoms with van der Waals surface area (Å²) in [4.78, 5) is 24.2. The minimum absolute atomic E-state index is 0.171. The monoisotopic (exact) mass is 342 g/mol. The summed E-state index contributed by atoms with van der Waals surface area (Å²) < 4.78 is 12.8. The molecule has 0 bridgehead atoms. The number of rotatable bonds is 5. The third kappa shape index (κ3) is 6.03. The van der Waals surface area contributed by atoms with Crippen molar-refractivity contribution in [1.82, 2.24) is 10.6 Å². The molecule has 2 rings (SSSR count). The maximum atomic E-state index is 12.8. The SMILES string of the molecule is CC(C)(C)NC(=O)c1ccc(C(=O)NCCc2ccc(F)cc2)cc1. The second kappa shape index (κ2) is 7.92. The molecular weight excluding hydrogens is 319 g/mol. The van der Waals surface area contributed by atoms with Gasteiger partial charge in [0.05, 0.1) is 0 Å². The van der Waals surface area contributed by atoms with E-state index in [1.54, 1.807) is 36.4 Å². The zero-order valence-electron chi connectivity index (χ0n) is 14.7. The van der Waals surface area contributed by atoms with Crippen LogP contribution in [0.4, 0.5) is 4.39 Å². The van der Waals surface area contributed by atoms with Crippen molar-refractivity contribution >= 4 is 11.8 Å². The van der Waals surface area contributed by atoms with Gasteiger partial charge >= 0.3 is 0 Å². The second-order valence-corrected chi connectivity index (χ2v) is 6.91. The van der Waals surface area contributed by atoms with Crippen LogP contribution < -0.4 is 10.6 Å². The molecule has 2 aromatic carbocycles. The standard InChI is InChI=1S/C20H23FN2O2/c1-20(2,3)23-19(25)16-8-6-15(7-9-16)18(24)22-13-12-14-4-10-17(21)11-5-14/h4-11H,12-13H2,1-3H3,(H,22,24)(H,23,25). The molecule has 0 saturated carbocycles. The summed E-state index contributed by atoms with van der Waals surface area (Å²) >= 11 is 0. The largest absolute Gasteiger partial charge is 0.352 e. The lowest BCUT2D eigenvalue weighted by molar-refractivity contribution is 0.0915. The van der Waals surface area contributed by atoms with Gasteiger partial charge in [0, 0.05) is 23.2 Å². The van der Waals surface area contributed by atoms with Crippen LogP contribution in [0, 0.1) is 5.82 Å². The van der Waals surface area contributed by atoms with Crippen molar-refractivity contribution in [3.8, 4) is 0 Å². The minimum Gasteiger partial charge on any atom is -0.352 e. The predicted molar refractivity (Wildman–Crippen MR) is 96.1 cm³/mol. The van der Waals surface area contributed by atoms with Crippen LogP contribution >= 0.6 is 0 Å². The van der Waals surface area contributed by atoms with E-state index < -0.39 is 0 Å². The van der Waals surface area contributed by atoms with Crippen molar-refractivity contribution < 1.29 is 14.0 Å². The van der Waals surface area contributed by atoms with Gasteiger partial charge in [0.15, 0.2) is 0 Å². The first kappa shape index (κ1) is 18.6. The summed E-state index contributed by atoms with van der Waals surface area (Å²) in [5.41, 5.74) is 1.65. The van der Waals surface area contributed by atoms with Gasteiger partial charge in [-0.2, -0.15) is 0 Å². The molecule has 132 valence electrons. The molecule has 2 N–H and O–H groups in total. The van der Waals surface area contributed by atoms with E-state index in [1.807, 2.05) is 20.8 Å². The lowest BCUT2D eigenvalue weighted by Gasteiger charge is -2.20. The summed E-state index contributed by atoms with van der Waals surface area (Å²) in [5, 5.41) is 5.69. The normalized spacial score (nSPS) is 11.0. The molecule has 5 heteroatoms. The molecule has 0 fully saturated rings. The van der Waals surface area contributed by atoms with Gasteiger partial charge in [0.1, 0.15) is 5.82 Å². The molecule has 0 radical (unpaired) electrons. The molecule has 0 spiro atoms. The lowest BCUT2D eigenvalue weighted by atomic mass is 10.1. The van der Waals surface area contributed by atoms with Crippen molar-refractivity contribution in [3.63, 3.8) is 0 Å². The number of halogens is 1. The van der Waals surface area contributed by atoms with E-state index in [4.69, 9.17) is 0 Å². The fraction of sp³-hybridized carbons (Fsp3) is 0.300. The van der Waals surface area contributed by atoms with Crippen molar-refractivity contribution in [2.45, 2.75) is 32.7 Å². The van der Waals surface area contributed by atoms with Crippen molar-refractivity contribution in [1.29, 1.82) is 0 Å². The van der Waals surface area contributed by atoms with Crippen LogP contribution in [0.2, 0.25) is 0 Å². The summed E-state index contributed by atoms with van der Waals surface area (Å²) in [6.07, 6.45) is 0.623. The number of carbonyl (C=O) groups is 2. The molecule has 0 aliphatic rings. The van der Waals surface area contributed by atoms with Gasteiger partial charge in [-0.25, -0.2) is 4.39 Å². The molecule has 0 saturated heterocycles. The highest BCUT2D eigenvalue weighted by Crippen LogP contribution is 2.08. The molecule has 0 atom stereocenters. The fourth-order valence-electron chi connectivity index (χ4n) is 2.26. The number of benzene rings is 2. The van der Waals surface area contributed by atoms with Crippen LogP contribution in [0.25, 0.3) is 0 Å². The van der Waals surface area contributed by atoms with E-state index in [1.165, 1.54) is 12.1 Å². The zero-order valence-corrected chi connectivity index (χ0v) is 14.7. The third-order valence-corrected chi connectivity index (χ3v) is 3.51. The fourth-order valence-corrected chi connectivity index (χ4v) is 2.26. The Morgan fingerprint density at radius 3 is 1.92 bits per heavy atom. The second-order valence-electron chi connectivity index (χ2n) is 6.91. The number of hydrogen-bond donors (Lipinski definition) is 2. The highest BCUT2D eigenvalue weighted by Gasteiger charge is 2.15. The van der Waals surface area contributed by atoms with Gasteiger partial charge in [-0.15, -0.1) is 0 Å². The molecule has 25 heavy (non-hydrogen) atoms. The van der Waals surface area contributed by atoms with Crippen LogP contribution in [0.3, 0.4) is 0 Å². The van der Waals surface area contributed by atoms with Crippen LogP contribution in [0.1, 0.15) is 47.1 Å². The Labute approximate surface area is 147 Å². The smallest absolute Gasteiger partial charge is 0.251 e. The van der Waals surface area contributed by atoms with E-state index in [9.17, 15) is 14.0 Å².